The topological polar surface area (TPSA) is 39.8 Å². The Morgan fingerprint density at radius 2 is 1.84 bits per heavy atom. The van der Waals surface area contributed by atoms with Gasteiger partial charge in [0.15, 0.2) is 0 Å². The SMILES string of the molecule is Cc1nn(-c2ccc(Cl)c(Cl)c2Cl)c(=O)n1C(F)F. The average molecular weight is 329 g/mol. The summed E-state index contributed by atoms with van der Waals surface area (Å²) < 4.78 is 26.4. The van der Waals surface area contributed by atoms with Gasteiger partial charge in [0.2, 0.25) is 0 Å². The molecular weight excluding hydrogens is 322 g/mol. The molecule has 0 fully saturated rings. The van der Waals surface area contributed by atoms with Crippen molar-refractivity contribution in [3.05, 3.63) is 43.5 Å². The van der Waals surface area contributed by atoms with Gasteiger partial charge in [-0.05, 0) is 19.1 Å². The Morgan fingerprint density at radius 1 is 1.21 bits per heavy atom. The number of rotatable bonds is 2. The Labute approximate surface area is 121 Å². The third kappa shape index (κ3) is 2.35. The number of aryl methyl sites for hydroxylation is 1. The molecule has 0 aliphatic carbocycles. The molecule has 0 aliphatic rings. The number of nitrogens with zero attached hydrogens (tertiary/aromatic N) is 3. The van der Waals surface area contributed by atoms with Crippen LogP contribution in [0.4, 0.5) is 8.78 Å². The fourth-order valence-electron chi connectivity index (χ4n) is 1.54. The lowest BCUT2D eigenvalue weighted by Crippen LogP contribution is -2.24. The van der Waals surface area contributed by atoms with E-state index in [-0.39, 0.29) is 31.1 Å². The van der Waals surface area contributed by atoms with E-state index >= 15 is 0 Å². The number of alkyl halides is 2. The minimum atomic E-state index is -2.98. The van der Waals surface area contributed by atoms with Crippen molar-refractivity contribution in [2.75, 3.05) is 0 Å². The average Bonchev–Trinajstić information content (AvgIpc) is 2.62. The highest BCUT2D eigenvalue weighted by Crippen LogP contribution is 2.33. The van der Waals surface area contributed by atoms with Crippen LogP contribution in [0.2, 0.25) is 15.1 Å². The largest absolute Gasteiger partial charge is 0.355 e. The highest BCUT2D eigenvalue weighted by Gasteiger charge is 2.20. The first-order valence-electron chi connectivity index (χ1n) is 4.94. The maximum atomic E-state index is 12.7. The molecule has 19 heavy (non-hydrogen) atoms. The van der Waals surface area contributed by atoms with Crippen molar-refractivity contribution in [2.24, 2.45) is 0 Å². The quantitative estimate of drug-likeness (QED) is 0.789. The summed E-state index contributed by atoms with van der Waals surface area (Å²) in [5.74, 6) is -0.137. The fraction of sp³-hybridized carbons (Fsp3) is 0.200. The van der Waals surface area contributed by atoms with Crippen LogP contribution in [0.5, 0.6) is 0 Å². The van der Waals surface area contributed by atoms with Gasteiger partial charge in [0, 0.05) is 0 Å². The molecule has 2 rings (SSSR count). The molecule has 102 valence electrons. The van der Waals surface area contributed by atoms with E-state index in [9.17, 15) is 13.6 Å². The third-order valence-electron chi connectivity index (χ3n) is 2.42. The van der Waals surface area contributed by atoms with Crippen molar-refractivity contribution >= 4 is 34.8 Å². The van der Waals surface area contributed by atoms with Gasteiger partial charge in [-0.1, -0.05) is 34.8 Å². The third-order valence-corrected chi connectivity index (χ3v) is 3.70. The molecule has 1 aromatic carbocycles. The summed E-state index contributed by atoms with van der Waals surface area (Å²) in [4.78, 5) is 11.8. The van der Waals surface area contributed by atoms with Crippen LogP contribution in [0.1, 0.15) is 12.4 Å². The maximum absolute atomic E-state index is 12.7. The number of hydrogen-bond acceptors (Lipinski definition) is 2. The first-order chi connectivity index (χ1) is 8.84. The molecule has 0 aliphatic heterocycles. The molecule has 2 aromatic rings. The van der Waals surface area contributed by atoms with Gasteiger partial charge >= 0.3 is 12.2 Å². The summed E-state index contributed by atoms with van der Waals surface area (Å²) in [5.41, 5.74) is -0.920. The second-order valence-electron chi connectivity index (χ2n) is 3.58. The van der Waals surface area contributed by atoms with Crippen LogP contribution in [-0.2, 0) is 0 Å². The molecule has 0 radical (unpaired) electrons. The summed E-state index contributed by atoms with van der Waals surface area (Å²) in [6, 6.07) is 2.77. The smallest absolute Gasteiger partial charge is 0.245 e. The molecule has 0 saturated carbocycles. The molecule has 9 heteroatoms. The van der Waals surface area contributed by atoms with E-state index in [4.69, 9.17) is 34.8 Å². The Hall–Kier alpha value is -1.11. The van der Waals surface area contributed by atoms with Crippen LogP contribution >= 0.6 is 34.8 Å². The predicted molar refractivity (Wildman–Crippen MR) is 68.8 cm³/mol. The van der Waals surface area contributed by atoms with Gasteiger partial charge < -0.3 is 0 Å². The molecule has 0 atom stereocenters. The van der Waals surface area contributed by atoms with Crippen LogP contribution in [0, 0.1) is 6.92 Å². The van der Waals surface area contributed by atoms with Gasteiger partial charge in [-0.25, -0.2) is 9.36 Å². The summed E-state index contributed by atoms with van der Waals surface area (Å²) in [6.45, 7) is -1.70. The molecule has 1 heterocycles. The van der Waals surface area contributed by atoms with Gasteiger partial charge in [0.05, 0.1) is 20.8 Å². The summed E-state index contributed by atoms with van der Waals surface area (Å²) in [6.07, 6.45) is 0. The van der Waals surface area contributed by atoms with Crippen molar-refractivity contribution in [2.45, 2.75) is 13.5 Å². The van der Waals surface area contributed by atoms with Crippen LogP contribution in [0.3, 0.4) is 0 Å². The second-order valence-corrected chi connectivity index (χ2v) is 4.75. The zero-order valence-electron chi connectivity index (χ0n) is 9.37. The first-order valence-corrected chi connectivity index (χ1v) is 6.08. The predicted octanol–water partition coefficient (Wildman–Crippen LogP) is 3.70. The molecule has 0 bridgehead atoms. The maximum Gasteiger partial charge on any atom is 0.355 e. The van der Waals surface area contributed by atoms with E-state index in [2.05, 4.69) is 5.10 Å². The van der Waals surface area contributed by atoms with Crippen molar-refractivity contribution in [1.29, 1.82) is 0 Å². The van der Waals surface area contributed by atoms with Crippen LogP contribution in [-0.4, -0.2) is 14.3 Å². The molecule has 0 unspecified atom stereocenters. The summed E-state index contributed by atoms with van der Waals surface area (Å²) >= 11 is 17.5. The monoisotopic (exact) mass is 327 g/mol. The Morgan fingerprint density at radius 3 is 2.37 bits per heavy atom. The fourth-order valence-corrected chi connectivity index (χ4v) is 2.15. The van der Waals surface area contributed by atoms with Crippen LogP contribution < -0.4 is 5.69 Å². The van der Waals surface area contributed by atoms with Crippen molar-refractivity contribution in [3.8, 4) is 5.69 Å². The Bertz CT molecular complexity index is 696. The van der Waals surface area contributed by atoms with Gasteiger partial charge in [-0.15, -0.1) is 5.10 Å². The molecule has 0 saturated heterocycles. The van der Waals surface area contributed by atoms with Gasteiger partial charge in [0.1, 0.15) is 5.82 Å². The van der Waals surface area contributed by atoms with Crippen LogP contribution in [0.25, 0.3) is 5.69 Å². The Balaban J connectivity index is 2.71. The second kappa shape index (κ2) is 5.11. The van der Waals surface area contributed by atoms with E-state index in [1.165, 1.54) is 19.1 Å². The number of aromatic nitrogens is 3. The van der Waals surface area contributed by atoms with E-state index in [1.54, 1.807) is 0 Å². The zero-order valence-corrected chi connectivity index (χ0v) is 11.6. The van der Waals surface area contributed by atoms with Gasteiger partial charge in [-0.2, -0.15) is 13.5 Å². The minimum absolute atomic E-state index is 0.0250. The van der Waals surface area contributed by atoms with Crippen molar-refractivity contribution < 1.29 is 8.78 Å². The lowest BCUT2D eigenvalue weighted by Gasteiger charge is -2.05. The molecule has 4 nitrogen and oxygen atoms in total. The van der Waals surface area contributed by atoms with Gasteiger partial charge in [-0.3, -0.25) is 0 Å². The minimum Gasteiger partial charge on any atom is -0.245 e. The highest BCUT2D eigenvalue weighted by molar-refractivity contribution is 6.48. The van der Waals surface area contributed by atoms with Gasteiger partial charge in [0.25, 0.3) is 0 Å². The van der Waals surface area contributed by atoms with E-state index in [0.717, 1.165) is 4.68 Å². The Kier molecular flexibility index (Phi) is 3.85. The summed E-state index contributed by atoms with van der Waals surface area (Å²) in [7, 11) is 0. The van der Waals surface area contributed by atoms with Crippen molar-refractivity contribution in [1.82, 2.24) is 14.3 Å². The standard InChI is InChI=1S/C10H6Cl3F2N3O/c1-4-16-18(10(19)17(4)9(14)15)6-3-2-5(11)7(12)8(6)13/h2-3,9H,1H3. The number of benzene rings is 1. The lowest BCUT2D eigenvalue weighted by atomic mass is 10.3. The van der Waals surface area contributed by atoms with Crippen LogP contribution in [0.15, 0.2) is 16.9 Å². The number of hydrogen-bond donors (Lipinski definition) is 0. The lowest BCUT2D eigenvalue weighted by molar-refractivity contribution is 0.0640. The number of halogens is 5. The van der Waals surface area contributed by atoms with Crippen molar-refractivity contribution in [3.63, 3.8) is 0 Å². The highest BCUT2D eigenvalue weighted by atomic mass is 35.5. The van der Waals surface area contributed by atoms with E-state index in [0.29, 0.717) is 0 Å². The first kappa shape index (κ1) is 14.3. The molecular formula is C10H6Cl3F2N3O. The zero-order chi connectivity index (χ0) is 14.3. The normalized spacial score (nSPS) is 11.3. The molecule has 0 spiro atoms. The summed E-state index contributed by atoms with van der Waals surface area (Å²) in [5, 5.41) is 3.92. The van der Waals surface area contributed by atoms with E-state index in [1.807, 2.05) is 0 Å². The molecule has 1 aromatic heterocycles. The molecule has 0 amide bonds. The molecule has 0 N–H and O–H groups in total. The van der Waals surface area contributed by atoms with E-state index < -0.39 is 12.2 Å².